The van der Waals surface area contributed by atoms with Gasteiger partial charge in [0.2, 0.25) is 0 Å². The van der Waals surface area contributed by atoms with E-state index >= 15 is 0 Å². The van der Waals surface area contributed by atoms with E-state index in [2.05, 4.69) is 0 Å². The van der Waals surface area contributed by atoms with Crippen LogP contribution in [0.15, 0.2) is 48.5 Å². The van der Waals surface area contributed by atoms with Crippen molar-refractivity contribution in [3.8, 4) is 5.75 Å². The first-order chi connectivity index (χ1) is 9.15. The third-order valence-electron chi connectivity index (χ3n) is 3.07. The highest BCUT2D eigenvalue weighted by Crippen LogP contribution is 2.13. The number of benzene rings is 2. The zero-order valence-electron chi connectivity index (χ0n) is 10.5. The first-order valence-electron chi connectivity index (χ1n) is 6.25. The Balaban J connectivity index is 1.85. The van der Waals surface area contributed by atoms with Crippen molar-refractivity contribution in [3.63, 3.8) is 0 Å². The van der Waals surface area contributed by atoms with Crippen molar-refractivity contribution >= 4 is 5.97 Å². The normalized spacial score (nSPS) is 10.3. The lowest BCUT2D eigenvalue weighted by atomic mass is 10.0. The van der Waals surface area contributed by atoms with E-state index in [-0.39, 0.29) is 5.75 Å². The number of phenolic OH excluding ortho intramolecular Hbond substituents is 1. The molecule has 2 rings (SSSR count). The topological polar surface area (TPSA) is 57.5 Å². The fourth-order valence-electron chi connectivity index (χ4n) is 1.97. The molecule has 0 aliphatic carbocycles. The van der Waals surface area contributed by atoms with Crippen molar-refractivity contribution in [2.45, 2.75) is 19.3 Å². The van der Waals surface area contributed by atoms with Gasteiger partial charge in [-0.25, -0.2) is 4.79 Å². The fourth-order valence-corrected chi connectivity index (χ4v) is 1.97. The Bertz CT molecular complexity index is 541. The lowest BCUT2D eigenvalue weighted by Gasteiger charge is -2.03. The molecule has 0 heterocycles. The van der Waals surface area contributed by atoms with Gasteiger partial charge < -0.3 is 10.2 Å². The van der Waals surface area contributed by atoms with Gasteiger partial charge in [-0.05, 0) is 54.7 Å². The van der Waals surface area contributed by atoms with Crippen LogP contribution in [0.2, 0.25) is 0 Å². The number of carboxylic acid groups (broad SMARTS) is 1. The van der Waals surface area contributed by atoms with E-state index in [0.717, 1.165) is 24.8 Å². The summed E-state index contributed by atoms with van der Waals surface area (Å²) in [6.45, 7) is 0. The molecule has 0 radical (unpaired) electrons. The molecule has 0 unspecified atom stereocenters. The van der Waals surface area contributed by atoms with Crippen molar-refractivity contribution in [1.82, 2.24) is 0 Å². The molecule has 0 saturated heterocycles. The molecule has 98 valence electrons. The van der Waals surface area contributed by atoms with Crippen LogP contribution < -0.4 is 0 Å². The number of aromatic hydroxyl groups is 1. The van der Waals surface area contributed by atoms with E-state index in [1.165, 1.54) is 5.56 Å². The molecule has 2 N–H and O–H groups in total. The third-order valence-corrected chi connectivity index (χ3v) is 3.07. The highest BCUT2D eigenvalue weighted by Gasteiger charge is 2.01. The van der Waals surface area contributed by atoms with Gasteiger partial charge >= 0.3 is 5.97 Å². The molecule has 3 heteroatoms. The van der Waals surface area contributed by atoms with Crippen LogP contribution in [0.5, 0.6) is 5.75 Å². The van der Waals surface area contributed by atoms with Crippen LogP contribution in [0, 0.1) is 0 Å². The van der Waals surface area contributed by atoms with Crippen LogP contribution in [0.3, 0.4) is 0 Å². The van der Waals surface area contributed by atoms with Gasteiger partial charge in [-0.2, -0.15) is 0 Å². The van der Waals surface area contributed by atoms with Crippen molar-refractivity contribution in [2.24, 2.45) is 0 Å². The molecule has 0 fully saturated rings. The van der Waals surface area contributed by atoms with Gasteiger partial charge in [0.25, 0.3) is 0 Å². The molecule has 0 spiro atoms. The van der Waals surface area contributed by atoms with Gasteiger partial charge in [-0.1, -0.05) is 24.3 Å². The second kappa shape index (κ2) is 6.05. The standard InChI is InChI=1S/C16H16O3/c17-15-10-6-13(7-11-15)3-1-2-12-4-8-14(9-5-12)16(18)19/h4-11,17H,1-3H2,(H,18,19). The maximum atomic E-state index is 10.7. The summed E-state index contributed by atoms with van der Waals surface area (Å²) in [5.41, 5.74) is 2.66. The van der Waals surface area contributed by atoms with E-state index in [1.807, 2.05) is 24.3 Å². The molecule has 3 nitrogen and oxygen atoms in total. The molecular weight excluding hydrogens is 240 g/mol. The summed E-state index contributed by atoms with van der Waals surface area (Å²) >= 11 is 0. The molecule has 0 amide bonds. The Hall–Kier alpha value is -2.29. The van der Waals surface area contributed by atoms with Crippen LogP contribution in [-0.4, -0.2) is 16.2 Å². The van der Waals surface area contributed by atoms with Crippen LogP contribution in [0.25, 0.3) is 0 Å². The largest absolute Gasteiger partial charge is 0.508 e. The summed E-state index contributed by atoms with van der Waals surface area (Å²) in [5.74, 6) is -0.608. The van der Waals surface area contributed by atoms with E-state index < -0.39 is 5.97 Å². The number of aromatic carboxylic acids is 1. The van der Waals surface area contributed by atoms with Gasteiger partial charge in [-0.3, -0.25) is 0 Å². The lowest BCUT2D eigenvalue weighted by molar-refractivity contribution is 0.0697. The van der Waals surface area contributed by atoms with Gasteiger partial charge in [0.05, 0.1) is 5.56 Å². The summed E-state index contributed by atoms with van der Waals surface area (Å²) in [7, 11) is 0. The Kier molecular flexibility index (Phi) is 4.18. The average molecular weight is 256 g/mol. The molecule has 0 aliphatic heterocycles. The highest BCUT2D eigenvalue weighted by molar-refractivity contribution is 5.87. The minimum Gasteiger partial charge on any atom is -0.508 e. The Morgan fingerprint density at radius 2 is 1.32 bits per heavy atom. The van der Waals surface area contributed by atoms with Crippen molar-refractivity contribution in [3.05, 3.63) is 65.2 Å². The predicted octanol–water partition coefficient (Wildman–Crippen LogP) is 3.27. The molecule has 0 aliphatic rings. The summed E-state index contributed by atoms with van der Waals surface area (Å²) in [4.78, 5) is 10.7. The van der Waals surface area contributed by atoms with Crippen molar-refractivity contribution in [2.75, 3.05) is 0 Å². The smallest absolute Gasteiger partial charge is 0.335 e. The Morgan fingerprint density at radius 3 is 1.79 bits per heavy atom. The van der Waals surface area contributed by atoms with Crippen LogP contribution >= 0.6 is 0 Å². The summed E-state index contributed by atoms with van der Waals surface area (Å²) in [6.07, 6.45) is 2.86. The second-order valence-corrected chi connectivity index (χ2v) is 4.52. The van der Waals surface area contributed by atoms with Gasteiger partial charge in [0.1, 0.15) is 5.75 Å². The van der Waals surface area contributed by atoms with E-state index in [0.29, 0.717) is 5.56 Å². The lowest BCUT2D eigenvalue weighted by Crippen LogP contribution is -1.96. The van der Waals surface area contributed by atoms with E-state index in [4.69, 9.17) is 5.11 Å². The SMILES string of the molecule is O=C(O)c1ccc(CCCc2ccc(O)cc2)cc1. The number of carboxylic acids is 1. The van der Waals surface area contributed by atoms with Crippen molar-refractivity contribution in [1.29, 1.82) is 0 Å². The first kappa shape index (κ1) is 13.1. The molecule has 0 atom stereocenters. The Labute approximate surface area is 112 Å². The number of hydrogen-bond acceptors (Lipinski definition) is 2. The molecule has 2 aromatic rings. The number of carbonyl (C=O) groups is 1. The number of hydrogen-bond donors (Lipinski definition) is 2. The minimum atomic E-state index is -0.893. The summed E-state index contributed by atoms with van der Waals surface area (Å²) < 4.78 is 0. The molecule has 2 aromatic carbocycles. The fraction of sp³-hybridized carbons (Fsp3) is 0.188. The number of rotatable bonds is 5. The van der Waals surface area contributed by atoms with Crippen LogP contribution in [0.4, 0.5) is 0 Å². The van der Waals surface area contributed by atoms with Crippen LogP contribution in [0.1, 0.15) is 27.9 Å². The third kappa shape index (κ3) is 3.85. The monoisotopic (exact) mass is 256 g/mol. The van der Waals surface area contributed by atoms with Crippen molar-refractivity contribution < 1.29 is 15.0 Å². The zero-order chi connectivity index (χ0) is 13.7. The minimum absolute atomic E-state index is 0.285. The van der Waals surface area contributed by atoms with Crippen LogP contribution in [-0.2, 0) is 12.8 Å². The molecular formula is C16H16O3. The molecule has 19 heavy (non-hydrogen) atoms. The molecule has 0 aromatic heterocycles. The van der Waals surface area contributed by atoms with Gasteiger partial charge in [0.15, 0.2) is 0 Å². The molecule has 0 saturated carbocycles. The first-order valence-corrected chi connectivity index (χ1v) is 6.25. The number of aryl methyl sites for hydroxylation is 2. The summed E-state index contributed by atoms with van der Waals surface area (Å²) in [5, 5.41) is 18.0. The summed E-state index contributed by atoms with van der Waals surface area (Å²) in [6, 6.07) is 14.2. The number of phenols is 1. The highest BCUT2D eigenvalue weighted by atomic mass is 16.4. The Morgan fingerprint density at radius 1 is 0.842 bits per heavy atom. The zero-order valence-corrected chi connectivity index (χ0v) is 10.5. The maximum Gasteiger partial charge on any atom is 0.335 e. The molecule has 0 bridgehead atoms. The average Bonchev–Trinajstić information content (AvgIpc) is 2.41. The van der Waals surface area contributed by atoms with E-state index in [1.54, 1.807) is 24.3 Å². The maximum absolute atomic E-state index is 10.7. The van der Waals surface area contributed by atoms with Gasteiger partial charge in [-0.15, -0.1) is 0 Å². The van der Waals surface area contributed by atoms with Gasteiger partial charge in [0, 0.05) is 0 Å². The second-order valence-electron chi connectivity index (χ2n) is 4.52. The predicted molar refractivity (Wildman–Crippen MR) is 73.5 cm³/mol. The quantitative estimate of drug-likeness (QED) is 0.863. The van der Waals surface area contributed by atoms with E-state index in [9.17, 15) is 9.90 Å².